The second-order valence-corrected chi connectivity index (χ2v) is 11.3. The Labute approximate surface area is 246 Å². The molecule has 2 heterocycles. The van der Waals surface area contributed by atoms with E-state index in [4.69, 9.17) is 0 Å². The number of carboxylic acid groups (broad SMARTS) is 1. The first kappa shape index (κ1) is 27.5. The van der Waals surface area contributed by atoms with E-state index >= 15 is 0 Å². The summed E-state index contributed by atoms with van der Waals surface area (Å²) < 4.78 is 0. The molecule has 2 aliphatic rings. The van der Waals surface area contributed by atoms with Crippen LogP contribution in [0.1, 0.15) is 52.5 Å². The smallest absolute Gasteiger partial charge is 0.328 e. The number of aryl methyl sites for hydroxylation is 1. The number of amides is 2. The molecule has 0 spiro atoms. The van der Waals surface area contributed by atoms with Gasteiger partial charge in [-0.25, -0.2) is 4.79 Å². The van der Waals surface area contributed by atoms with Gasteiger partial charge in [0.15, 0.2) is 0 Å². The van der Waals surface area contributed by atoms with Crippen LogP contribution in [-0.4, -0.2) is 57.4 Å². The fourth-order valence-electron chi connectivity index (χ4n) is 6.91. The maximum atomic E-state index is 14.5. The Hall–Kier alpha value is -4.71. The molecule has 0 aromatic heterocycles. The lowest BCUT2D eigenvalue weighted by molar-refractivity contribution is -0.161. The molecular weight excluding hydrogens is 524 g/mol. The number of hydrogen-bond acceptors (Lipinski definition) is 3. The summed E-state index contributed by atoms with van der Waals surface area (Å²) in [4.78, 5) is 45.2. The van der Waals surface area contributed by atoms with Crippen LogP contribution < -0.4 is 0 Å². The molecule has 0 aliphatic carbocycles. The minimum atomic E-state index is -1.14. The summed E-state index contributed by atoms with van der Waals surface area (Å²) in [6, 6.07) is 34.6. The Morgan fingerprint density at radius 3 is 1.69 bits per heavy atom. The minimum absolute atomic E-state index is 0.114. The molecular formula is C36H34N2O4. The number of carbonyl (C=O) groups excluding carboxylic acids is 2. The number of aliphatic carboxylic acids is 1. The first-order valence-electron chi connectivity index (χ1n) is 14.5. The van der Waals surface area contributed by atoms with E-state index in [0.717, 1.165) is 27.8 Å². The van der Waals surface area contributed by atoms with Crippen LogP contribution in [0.25, 0.3) is 0 Å². The van der Waals surface area contributed by atoms with E-state index < -0.39 is 29.9 Å². The van der Waals surface area contributed by atoms with Gasteiger partial charge in [-0.2, -0.15) is 0 Å². The Morgan fingerprint density at radius 2 is 1.17 bits per heavy atom. The molecule has 4 aromatic carbocycles. The van der Waals surface area contributed by atoms with Gasteiger partial charge in [0.2, 0.25) is 11.8 Å². The topological polar surface area (TPSA) is 77.9 Å². The molecule has 6 nitrogen and oxygen atoms in total. The van der Waals surface area contributed by atoms with E-state index in [1.54, 1.807) is 9.80 Å². The van der Waals surface area contributed by atoms with Crippen molar-refractivity contribution in [3.63, 3.8) is 0 Å². The van der Waals surface area contributed by atoms with Gasteiger partial charge >= 0.3 is 5.97 Å². The summed E-state index contributed by atoms with van der Waals surface area (Å²) in [5.74, 6) is -2.64. The highest BCUT2D eigenvalue weighted by molar-refractivity contribution is 5.94. The maximum absolute atomic E-state index is 14.5. The zero-order valence-corrected chi connectivity index (χ0v) is 23.5. The van der Waals surface area contributed by atoms with Gasteiger partial charge in [0.05, 0.1) is 17.9 Å². The van der Waals surface area contributed by atoms with Gasteiger partial charge in [0.25, 0.3) is 0 Å². The molecule has 2 aliphatic heterocycles. The van der Waals surface area contributed by atoms with Gasteiger partial charge in [0, 0.05) is 12.6 Å². The summed E-state index contributed by atoms with van der Waals surface area (Å²) in [7, 11) is 0. The second kappa shape index (κ2) is 11.6. The lowest BCUT2D eigenvalue weighted by Crippen LogP contribution is -2.66. The van der Waals surface area contributed by atoms with Gasteiger partial charge in [-0.1, -0.05) is 115 Å². The highest BCUT2D eigenvalue weighted by atomic mass is 16.4. The molecule has 42 heavy (non-hydrogen) atoms. The van der Waals surface area contributed by atoms with Crippen LogP contribution in [0, 0.1) is 6.92 Å². The lowest BCUT2D eigenvalue weighted by atomic mass is 9.85. The average molecular weight is 559 g/mol. The molecule has 2 unspecified atom stereocenters. The zero-order valence-electron chi connectivity index (χ0n) is 23.5. The fourth-order valence-corrected chi connectivity index (χ4v) is 6.91. The van der Waals surface area contributed by atoms with Crippen molar-refractivity contribution in [1.29, 1.82) is 0 Å². The number of piperazine rings is 1. The largest absolute Gasteiger partial charge is 0.480 e. The SMILES string of the molecule is Cc1ccccc1C(C(=O)N1CC2CC[C@H]([C@H]1C(=O)O)N2C(=O)C(c1ccccc1)c1ccccc1)c1ccccc1. The molecule has 1 N–H and O–H groups in total. The Morgan fingerprint density at radius 1 is 0.667 bits per heavy atom. The summed E-state index contributed by atoms with van der Waals surface area (Å²) >= 11 is 0. The van der Waals surface area contributed by atoms with Crippen LogP contribution in [0.3, 0.4) is 0 Å². The quantitative estimate of drug-likeness (QED) is 0.320. The third-order valence-corrected chi connectivity index (χ3v) is 8.84. The Kier molecular flexibility index (Phi) is 7.62. The van der Waals surface area contributed by atoms with E-state index in [9.17, 15) is 19.5 Å². The Bertz CT molecular complexity index is 1530. The number of fused-ring (bicyclic) bond motifs is 2. The average Bonchev–Trinajstić information content (AvgIpc) is 3.32. The molecule has 212 valence electrons. The highest BCUT2D eigenvalue weighted by Crippen LogP contribution is 2.41. The van der Waals surface area contributed by atoms with Crippen LogP contribution in [0.2, 0.25) is 0 Å². The second-order valence-electron chi connectivity index (χ2n) is 11.3. The molecule has 2 bridgehead atoms. The zero-order chi connectivity index (χ0) is 29.2. The predicted molar refractivity (Wildman–Crippen MR) is 161 cm³/mol. The predicted octanol–water partition coefficient (Wildman–Crippen LogP) is 5.61. The minimum Gasteiger partial charge on any atom is -0.480 e. The van der Waals surface area contributed by atoms with Crippen molar-refractivity contribution in [3.8, 4) is 0 Å². The highest BCUT2D eigenvalue weighted by Gasteiger charge is 2.54. The van der Waals surface area contributed by atoms with Crippen LogP contribution in [0.5, 0.6) is 0 Å². The normalized spacial score (nSPS) is 20.4. The molecule has 0 saturated carbocycles. The standard InChI is InChI=1S/C36H34N2O4/c1-24-13-11-12-20-29(24)32(27-18-9-4-10-19-27)34(39)37-23-28-21-22-30(33(37)36(41)42)38(28)35(40)31(25-14-5-2-6-15-25)26-16-7-3-8-17-26/h2-20,28,30-33H,21-23H2,1H3,(H,41,42)/t28?,30-,32?,33+/m1/s1. The van der Waals surface area contributed by atoms with Crippen molar-refractivity contribution in [2.45, 2.75) is 49.7 Å². The summed E-state index contributed by atoms with van der Waals surface area (Å²) in [5, 5.41) is 10.6. The first-order chi connectivity index (χ1) is 20.5. The molecule has 0 radical (unpaired) electrons. The van der Waals surface area contributed by atoms with Gasteiger partial charge in [-0.05, 0) is 47.6 Å². The number of likely N-dealkylation sites (tertiary alicyclic amines) is 1. The van der Waals surface area contributed by atoms with Crippen molar-refractivity contribution in [1.82, 2.24) is 9.80 Å². The van der Waals surface area contributed by atoms with E-state index in [1.807, 2.05) is 122 Å². The molecule has 6 rings (SSSR count). The van der Waals surface area contributed by atoms with Gasteiger partial charge in [-0.3, -0.25) is 9.59 Å². The molecule has 2 amide bonds. The van der Waals surface area contributed by atoms with Gasteiger partial charge in [-0.15, -0.1) is 0 Å². The molecule has 4 atom stereocenters. The van der Waals surface area contributed by atoms with Crippen molar-refractivity contribution in [3.05, 3.63) is 143 Å². The van der Waals surface area contributed by atoms with Gasteiger partial charge in [0.1, 0.15) is 6.04 Å². The summed E-state index contributed by atoms with van der Waals surface area (Å²) in [6.07, 6.45) is 1.19. The number of hydrogen-bond donors (Lipinski definition) is 1. The van der Waals surface area contributed by atoms with E-state index in [1.165, 1.54) is 0 Å². The summed E-state index contributed by atoms with van der Waals surface area (Å²) in [6.45, 7) is 2.16. The van der Waals surface area contributed by atoms with Crippen LogP contribution in [0.15, 0.2) is 115 Å². The number of rotatable bonds is 7. The molecule has 2 fully saturated rings. The van der Waals surface area contributed by atoms with Crippen LogP contribution >= 0.6 is 0 Å². The van der Waals surface area contributed by atoms with Crippen molar-refractivity contribution < 1.29 is 19.5 Å². The van der Waals surface area contributed by atoms with Gasteiger partial charge < -0.3 is 14.9 Å². The van der Waals surface area contributed by atoms with E-state index in [-0.39, 0.29) is 24.4 Å². The third-order valence-electron chi connectivity index (χ3n) is 8.84. The van der Waals surface area contributed by atoms with E-state index in [2.05, 4.69) is 0 Å². The molecule has 4 aromatic rings. The summed E-state index contributed by atoms with van der Waals surface area (Å²) in [5.41, 5.74) is 4.37. The fraction of sp³-hybridized carbons (Fsp3) is 0.250. The monoisotopic (exact) mass is 558 g/mol. The van der Waals surface area contributed by atoms with Crippen LogP contribution in [0.4, 0.5) is 0 Å². The van der Waals surface area contributed by atoms with Crippen molar-refractivity contribution >= 4 is 17.8 Å². The van der Waals surface area contributed by atoms with Crippen molar-refractivity contribution in [2.24, 2.45) is 0 Å². The number of carboxylic acids is 1. The number of benzene rings is 4. The third kappa shape index (κ3) is 4.98. The lowest BCUT2D eigenvalue weighted by Gasteiger charge is -2.47. The van der Waals surface area contributed by atoms with Crippen molar-refractivity contribution in [2.75, 3.05) is 6.54 Å². The molecule has 2 saturated heterocycles. The molecule has 6 heteroatoms. The Balaban J connectivity index is 1.38. The van der Waals surface area contributed by atoms with Crippen LogP contribution in [-0.2, 0) is 14.4 Å². The maximum Gasteiger partial charge on any atom is 0.328 e. The number of carbonyl (C=O) groups is 3. The number of nitrogens with zero attached hydrogens (tertiary/aromatic N) is 2. The first-order valence-corrected chi connectivity index (χ1v) is 14.5. The van der Waals surface area contributed by atoms with E-state index in [0.29, 0.717) is 12.8 Å².